The Morgan fingerprint density at radius 1 is 1.11 bits per heavy atom. The Bertz CT molecular complexity index is 755. The minimum absolute atomic E-state index is 0.0265. The van der Waals surface area contributed by atoms with Crippen molar-refractivity contribution in [1.29, 1.82) is 0 Å². The summed E-state index contributed by atoms with van der Waals surface area (Å²) < 4.78 is 0. The van der Waals surface area contributed by atoms with Crippen LogP contribution in [0.25, 0.3) is 0 Å². The van der Waals surface area contributed by atoms with E-state index < -0.39 is 0 Å². The summed E-state index contributed by atoms with van der Waals surface area (Å²) in [5.41, 5.74) is 2.60. The van der Waals surface area contributed by atoms with Crippen molar-refractivity contribution in [3.8, 4) is 0 Å². The zero-order valence-electron chi connectivity index (χ0n) is 15.6. The molecule has 1 aromatic heterocycles. The van der Waals surface area contributed by atoms with Crippen LogP contribution in [0.1, 0.15) is 23.2 Å². The van der Waals surface area contributed by atoms with Crippen molar-refractivity contribution in [3.63, 3.8) is 0 Å². The third-order valence-electron chi connectivity index (χ3n) is 4.67. The number of para-hydroxylation sites is 2. The van der Waals surface area contributed by atoms with Gasteiger partial charge >= 0.3 is 0 Å². The van der Waals surface area contributed by atoms with Crippen LogP contribution < -0.4 is 15.5 Å². The lowest BCUT2D eigenvalue weighted by atomic mass is 10.2. The van der Waals surface area contributed by atoms with Gasteiger partial charge in [0.25, 0.3) is 5.91 Å². The van der Waals surface area contributed by atoms with Crippen LogP contribution in [0.2, 0.25) is 0 Å². The molecule has 0 saturated carbocycles. The molecule has 7 heteroatoms. The number of hydrogen-bond acceptors (Lipinski definition) is 5. The number of thiophene rings is 1. The molecule has 1 aromatic carbocycles. The van der Waals surface area contributed by atoms with E-state index in [2.05, 4.69) is 33.5 Å². The molecule has 0 spiro atoms. The maximum atomic E-state index is 12.3. The Balaban J connectivity index is 1.46. The van der Waals surface area contributed by atoms with Crippen LogP contribution in [0, 0.1) is 0 Å². The average molecular weight is 387 g/mol. The summed E-state index contributed by atoms with van der Waals surface area (Å²) >= 11 is 1.49. The molecule has 2 aromatic rings. The van der Waals surface area contributed by atoms with Crippen LogP contribution >= 0.6 is 11.3 Å². The van der Waals surface area contributed by atoms with Crippen LogP contribution in [0.3, 0.4) is 0 Å². The zero-order valence-corrected chi connectivity index (χ0v) is 16.4. The van der Waals surface area contributed by atoms with Crippen molar-refractivity contribution in [2.75, 3.05) is 50.0 Å². The first-order valence-electron chi connectivity index (χ1n) is 9.26. The number of anilines is 2. The highest BCUT2D eigenvalue weighted by Crippen LogP contribution is 2.26. The average Bonchev–Trinajstić information content (AvgIpc) is 3.21. The van der Waals surface area contributed by atoms with Crippen molar-refractivity contribution in [3.05, 3.63) is 46.7 Å². The summed E-state index contributed by atoms with van der Waals surface area (Å²) in [7, 11) is 2.13. The molecule has 2 amide bonds. The molecule has 6 nitrogen and oxygen atoms in total. The molecule has 144 valence electrons. The molecule has 1 aliphatic heterocycles. The molecule has 0 aliphatic carbocycles. The molecule has 0 atom stereocenters. The van der Waals surface area contributed by atoms with E-state index in [0.717, 1.165) is 37.6 Å². The number of carbonyl (C=O) groups is 2. The normalized spacial score (nSPS) is 14.8. The summed E-state index contributed by atoms with van der Waals surface area (Å²) in [4.78, 5) is 28.8. The fraction of sp³-hybridized carbons (Fsp3) is 0.400. The highest BCUT2D eigenvalue weighted by atomic mass is 32.1. The first-order chi connectivity index (χ1) is 13.1. The number of carbonyl (C=O) groups excluding carboxylic acids is 2. The van der Waals surface area contributed by atoms with Crippen molar-refractivity contribution in [2.45, 2.75) is 12.8 Å². The van der Waals surface area contributed by atoms with Gasteiger partial charge in [0.2, 0.25) is 5.91 Å². The van der Waals surface area contributed by atoms with E-state index in [-0.39, 0.29) is 11.8 Å². The number of likely N-dealkylation sites (N-methyl/N-ethyl adjacent to an activating group) is 1. The third-order valence-corrected chi connectivity index (χ3v) is 5.35. The van der Waals surface area contributed by atoms with Gasteiger partial charge < -0.3 is 20.4 Å². The van der Waals surface area contributed by atoms with Crippen LogP contribution in [0.4, 0.5) is 11.4 Å². The number of nitrogens with zero attached hydrogens (tertiary/aromatic N) is 2. The van der Waals surface area contributed by atoms with Gasteiger partial charge in [-0.2, -0.15) is 11.3 Å². The Morgan fingerprint density at radius 2 is 1.89 bits per heavy atom. The van der Waals surface area contributed by atoms with Gasteiger partial charge in [0.1, 0.15) is 0 Å². The summed E-state index contributed by atoms with van der Waals surface area (Å²) in [5, 5.41) is 9.57. The number of benzene rings is 1. The molecule has 2 N–H and O–H groups in total. The molecule has 1 aliphatic rings. The van der Waals surface area contributed by atoms with E-state index in [9.17, 15) is 9.59 Å². The summed E-state index contributed by atoms with van der Waals surface area (Å²) in [6, 6.07) is 9.74. The Labute approximate surface area is 164 Å². The Morgan fingerprint density at radius 3 is 2.63 bits per heavy atom. The van der Waals surface area contributed by atoms with Crippen LogP contribution in [-0.4, -0.2) is 56.5 Å². The van der Waals surface area contributed by atoms with E-state index >= 15 is 0 Å². The van der Waals surface area contributed by atoms with Gasteiger partial charge in [0.15, 0.2) is 0 Å². The first-order valence-corrected chi connectivity index (χ1v) is 10.2. The third kappa shape index (κ3) is 5.55. The van der Waals surface area contributed by atoms with E-state index in [1.54, 1.807) is 6.07 Å². The second kappa shape index (κ2) is 9.53. The number of rotatable bonds is 7. The first kappa shape index (κ1) is 19.4. The fourth-order valence-electron chi connectivity index (χ4n) is 3.06. The molecule has 0 radical (unpaired) electrons. The second-order valence-electron chi connectivity index (χ2n) is 6.73. The largest absolute Gasteiger partial charge is 0.367 e. The highest BCUT2D eigenvalue weighted by molar-refractivity contribution is 7.08. The quantitative estimate of drug-likeness (QED) is 0.718. The molecular formula is C20H26N4O2S. The summed E-state index contributed by atoms with van der Waals surface area (Å²) in [6.45, 7) is 4.44. The van der Waals surface area contributed by atoms with Gasteiger partial charge in [-0.1, -0.05) is 12.1 Å². The van der Waals surface area contributed by atoms with Crippen LogP contribution in [0.5, 0.6) is 0 Å². The Kier molecular flexibility index (Phi) is 6.84. The predicted octanol–water partition coefficient (Wildman–Crippen LogP) is 2.65. The van der Waals surface area contributed by atoms with Gasteiger partial charge in [0, 0.05) is 50.1 Å². The van der Waals surface area contributed by atoms with Crippen molar-refractivity contribution in [2.24, 2.45) is 0 Å². The highest BCUT2D eigenvalue weighted by Gasteiger charge is 2.17. The standard InChI is InChI=1S/C20H26N4O2S/c1-23-10-12-24(13-11-23)18-6-3-2-5-17(18)22-19(25)7-4-9-21-20(26)16-8-14-27-15-16/h2-3,5-6,8,14-15H,4,7,9-13H2,1H3,(H,21,26)(H,22,25). The maximum Gasteiger partial charge on any atom is 0.252 e. The number of hydrogen-bond donors (Lipinski definition) is 2. The molecule has 27 heavy (non-hydrogen) atoms. The van der Waals surface area contributed by atoms with Gasteiger partial charge in [-0.25, -0.2) is 0 Å². The van der Waals surface area contributed by atoms with Crippen molar-refractivity contribution >= 4 is 34.5 Å². The molecular weight excluding hydrogens is 360 g/mol. The molecule has 0 bridgehead atoms. The number of piperazine rings is 1. The van der Waals surface area contributed by atoms with E-state index in [4.69, 9.17) is 0 Å². The fourth-order valence-corrected chi connectivity index (χ4v) is 3.70. The molecule has 1 fully saturated rings. The van der Waals surface area contributed by atoms with Gasteiger partial charge in [-0.3, -0.25) is 9.59 Å². The maximum absolute atomic E-state index is 12.3. The summed E-state index contributed by atoms with van der Waals surface area (Å²) in [6.07, 6.45) is 0.985. The number of amides is 2. The van der Waals surface area contributed by atoms with Crippen molar-refractivity contribution < 1.29 is 9.59 Å². The molecule has 1 saturated heterocycles. The van der Waals surface area contributed by atoms with Crippen LogP contribution in [0.15, 0.2) is 41.1 Å². The Hall–Kier alpha value is -2.38. The second-order valence-corrected chi connectivity index (χ2v) is 7.51. The smallest absolute Gasteiger partial charge is 0.252 e. The van der Waals surface area contributed by atoms with E-state index in [0.29, 0.717) is 24.9 Å². The summed E-state index contributed by atoms with van der Waals surface area (Å²) in [5.74, 6) is -0.113. The number of nitrogens with one attached hydrogen (secondary N) is 2. The van der Waals surface area contributed by atoms with Crippen LogP contribution in [-0.2, 0) is 4.79 Å². The lowest BCUT2D eigenvalue weighted by Gasteiger charge is -2.35. The van der Waals surface area contributed by atoms with E-state index in [1.165, 1.54) is 11.3 Å². The lowest BCUT2D eigenvalue weighted by molar-refractivity contribution is -0.116. The SMILES string of the molecule is CN1CCN(c2ccccc2NC(=O)CCCNC(=O)c2ccsc2)CC1. The predicted molar refractivity (Wildman–Crippen MR) is 111 cm³/mol. The topological polar surface area (TPSA) is 64.7 Å². The lowest BCUT2D eigenvalue weighted by Crippen LogP contribution is -2.44. The van der Waals surface area contributed by atoms with Gasteiger partial charge in [-0.15, -0.1) is 0 Å². The molecule has 2 heterocycles. The van der Waals surface area contributed by atoms with Gasteiger partial charge in [0.05, 0.1) is 11.4 Å². The zero-order chi connectivity index (χ0) is 19.1. The van der Waals surface area contributed by atoms with Crippen molar-refractivity contribution in [1.82, 2.24) is 10.2 Å². The van der Waals surface area contributed by atoms with E-state index in [1.807, 2.05) is 29.0 Å². The van der Waals surface area contributed by atoms with Gasteiger partial charge in [-0.05, 0) is 37.0 Å². The molecule has 0 unspecified atom stereocenters. The molecule has 3 rings (SSSR count). The minimum Gasteiger partial charge on any atom is -0.367 e. The monoisotopic (exact) mass is 386 g/mol. The minimum atomic E-state index is -0.0860.